The van der Waals surface area contributed by atoms with Gasteiger partial charge in [0.05, 0.1) is 17.7 Å². The van der Waals surface area contributed by atoms with E-state index < -0.39 is 5.97 Å². The van der Waals surface area contributed by atoms with Crippen LogP contribution >= 0.6 is 0 Å². The van der Waals surface area contributed by atoms with Gasteiger partial charge in [0.25, 0.3) is 0 Å². The van der Waals surface area contributed by atoms with Crippen molar-refractivity contribution in [3.8, 4) is 29.0 Å². The first-order chi connectivity index (χ1) is 21.1. The minimum atomic E-state index is -0.524. The van der Waals surface area contributed by atoms with Gasteiger partial charge in [0.2, 0.25) is 0 Å². The molecule has 6 heteroatoms. The van der Waals surface area contributed by atoms with Crippen LogP contribution in [-0.4, -0.2) is 22.5 Å². The van der Waals surface area contributed by atoms with Crippen molar-refractivity contribution in [2.24, 2.45) is 0 Å². The maximum atomic E-state index is 12.8. The van der Waals surface area contributed by atoms with Gasteiger partial charge in [-0.2, -0.15) is 5.26 Å². The maximum Gasteiger partial charge on any atom is 0.343 e. The molecule has 0 aliphatic rings. The molecule has 43 heavy (non-hydrogen) atoms. The van der Waals surface area contributed by atoms with Crippen LogP contribution in [0.4, 0.5) is 0 Å². The van der Waals surface area contributed by atoms with Crippen LogP contribution < -0.4 is 9.47 Å². The SMILES string of the molecule is CCCCCCCCCCc1cnc(-c2ccc(OC(=O)c3ccc(OCCCCCCCCC)c(C#N)c3)cc2)nc1. The number of esters is 1. The van der Waals surface area contributed by atoms with Gasteiger partial charge in [0.15, 0.2) is 5.82 Å². The quantitative estimate of drug-likeness (QED) is 0.0704. The molecule has 0 fully saturated rings. The average molecular weight is 584 g/mol. The number of nitriles is 1. The van der Waals surface area contributed by atoms with Crippen LogP contribution in [0.15, 0.2) is 54.9 Å². The third-order valence-corrected chi connectivity index (χ3v) is 7.69. The summed E-state index contributed by atoms with van der Waals surface area (Å²) in [6.07, 6.45) is 23.6. The van der Waals surface area contributed by atoms with Crippen LogP contribution in [0.5, 0.6) is 11.5 Å². The summed E-state index contributed by atoms with van der Waals surface area (Å²) in [4.78, 5) is 21.9. The Morgan fingerprint density at radius 3 is 1.93 bits per heavy atom. The molecule has 0 atom stereocenters. The fraction of sp³-hybridized carbons (Fsp3) is 0.514. The molecule has 1 heterocycles. The lowest BCUT2D eigenvalue weighted by Crippen LogP contribution is -2.09. The maximum absolute atomic E-state index is 12.8. The molecule has 0 saturated carbocycles. The van der Waals surface area contributed by atoms with Gasteiger partial charge in [0, 0.05) is 18.0 Å². The first-order valence-electron chi connectivity index (χ1n) is 16.4. The number of aryl methyl sites for hydroxylation is 1. The van der Waals surface area contributed by atoms with Crippen molar-refractivity contribution in [2.45, 2.75) is 117 Å². The third-order valence-electron chi connectivity index (χ3n) is 7.69. The molecule has 0 saturated heterocycles. The summed E-state index contributed by atoms with van der Waals surface area (Å²) >= 11 is 0. The third kappa shape index (κ3) is 12.6. The molecule has 2 aromatic carbocycles. The first-order valence-corrected chi connectivity index (χ1v) is 16.4. The number of benzene rings is 2. The molecule has 0 bridgehead atoms. The van der Waals surface area contributed by atoms with E-state index in [4.69, 9.17) is 9.47 Å². The minimum absolute atomic E-state index is 0.305. The molecule has 1 aromatic heterocycles. The Labute approximate surface area is 258 Å². The summed E-state index contributed by atoms with van der Waals surface area (Å²) in [6, 6.07) is 14.1. The van der Waals surface area contributed by atoms with Crippen molar-refractivity contribution < 1.29 is 14.3 Å². The van der Waals surface area contributed by atoms with E-state index in [1.165, 1.54) is 89.5 Å². The van der Waals surface area contributed by atoms with Gasteiger partial charge in [-0.15, -0.1) is 0 Å². The van der Waals surface area contributed by atoms with Crippen molar-refractivity contribution in [1.82, 2.24) is 9.97 Å². The Bertz CT molecular complexity index is 1250. The van der Waals surface area contributed by atoms with Crippen molar-refractivity contribution in [3.05, 3.63) is 71.5 Å². The fourth-order valence-corrected chi connectivity index (χ4v) is 5.05. The predicted octanol–water partition coefficient (Wildman–Crippen LogP) is 10.0. The summed E-state index contributed by atoms with van der Waals surface area (Å²) in [5, 5.41) is 9.60. The highest BCUT2D eigenvalue weighted by molar-refractivity contribution is 5.91. The van der Waals surface area contributed by atoms with Crippen LogP contribution in [-0.2, 0) is 6.42 Å². The summed E-state index contributed by atoms with van der Waals surface area (Å²) in [5.74, 6) is 1.03. The van der Waals surface area contributed by atoms with Crippen molar-refractivity contribution in [1.29, 1.82) is 5.26 Å². The molecule has 0 unspecified atom stereocenters. The molecule has 0 aliphatic heterocycles. The van der Waals surface area contributed by atoms with E-state index in [1.54, 1.807) is 24.3 Å². The van der Waals surface area contributed by atoms with Gasteiger partial charge in [-0.05, 0) is 67.3 Å². The number of carbonyl (C=O) groups excluding carboxylic acids is 1. The highest BCUT2D eigenvalue weighted by atomic mass is 16.5. The fourth-order valence-electron chi connectivity index (χ4n) is 5.05. The second-order valence-corrected chi connectivity index (χ2v) is 11.3. The smallest absolute Gasteiger partial charge is 0.343 e. The number of carbonyl (C=O) groups is 1. The van der Waals surface area contributed by atoms with E-state index in [-0.39, 0.29) is 0 Å². The van der Waals surface area contributed by atoms with Crippen LogP contribution in [0, 0.1) is 11.3 Å². The average Bonchev–Trinajstić information content (AvgIpc) is 3.04. The molecule has 0 N–H and O–H groups in total. The number of ether oxygens (including phenoxy) is 2. The van der Waals surface area contributed by atoms with Crippen molar-refractivity contribution >= 4 is 5.97 Å². The summed E-state index contributed by atoms with van der Waals surface area (Å²) in [6.45, 7) is 5.03. The molecule has 6 nitrogen and oxygen atoms in total. The van der Waals surface area contributed by atoms with E-state index >= 15 is 0 Å². The molecule has 3 aromatic rings. The van der Waals surface area contributed by atoms with Crippen molar-refractivity contribution in [2.75, 3.05) is 6.61 Å². The zero-order valence-electron chi connectivity index (χ0n) is 26.3. The Kier molecular flexibility index (Phi) is 15.9. The number of aromatic nitrogens is 2. The molecular weight excluding hydrogens is 534 g/mol. The Balaban J connectivity index is 1.43. The zero-order chi connectivity index (χ0) is 30.5. The van der Waals surface area contributed by atoms with Gasteiger partial charge < -0.3 is 9.47 Å². The second-order valence-electron chi connectivity index (χ2n) is 11.3. The molecule has 0 spiro atoms. The van der Waals surface area contributed by atoms with Gasteiger partial charge in [-0.25, -0.2) is 14.8 Å². The van der Waals surface area contributed by atoms with Crippen LogP contribution in [0.2, 0.25) is 0 Å². The highest BCUT2D eigenvalue weighted by Crippen LogP contribution is 2.23. The van der Waals surface area contributed by atoms with E-state index in [2.05, 4.69) is 29.9 Å². The van der Waals surface area contributed by atoms with Gasteiger partial charge in [-0.3, -0.25) is 0 Å². The van der Waals surface area contributed by atoms with Crippen LogP contribution in [0.1, 0.15) is 132 Å². The van der Waals surface area contributed by atoms with Gasteiger partial charge in [0.1, 0.15) is 17.6 Å². The molecule has 0 radical (unpaired) electrons. The number of hydrogen-bond acceptors (Lipinski definition) is 6. The molecule has 3 rings (SSSR count). The van der Waals surface area contributed by atoms with Gasteiger partial charge in [-0.1, -0.05) is 97.3 Å². The Morgan fingerprint density at radius 1 is 0.744 bits per heavy atom. The summed E-state index contributed by atoms with van der Waals surface area (Å²) in [5.41, 5.74) is 2.65. The van der Waals surface area contributed by atoms with E-state index in [0.29, 0.717) is 35.1 Å². The van der Waals surface area contributed by atoms with E-state index in [1.807, 2.05) is 24.5 Å². The zero-order valence-corrected chi connectivity index (χ0v) is 26.3. The highest BCUT2D eigenvalue weighted by Gasteiger charge is 2.13. The lowest BCUT2D eigenvalue weighted by molar-refractivity contribution is 0.0734. The first kappa shape index (κ1) is 33.8. The largest absolute Gasteiger partial charge is 0.492 e. The lowest BCUT2D eigenvalue weighted by Gasteiger charge is -2.10. The van der Waals surface area contributed by atoms with Crippen LogP contribution in [0.25, 0.3) is 11.4 Å². The predicted molar refractivity (Wildman–Crippen MR) is 173 cm³/mol. The molecular formula is C37H49N3O3. The summed E-state index contributed by atoms with van der Waals surface area (Å²) in [7, 11) is 0. The van der Waals surface area contributed by atoms with Crippen molar-refractivity contribution in [3.63, 3.8) is 0 Å². The van der Waals surface area contributed by atoms with Crippen LogP contribution in [0.3, 0.4) is 0 Å². The standard InChI is InChI=1S/C37H49N3O3/c1-3-5-7-9-11-12-14-16-18-30-28-39-36(40-29-30)31-19-22-34(23-20-31)43-37(41)32-21-24-35(33(26-32)27-38)42-25-17-15-13-10-8-6-4-2/h19-24,26,28-29H,3-18,25H2,1-2H3. The normalized spacial score (nSPS) is 10.8. The summed E-state index contributed by atoms with van der Waals surface area (Å²) < 4.78 is 11.4. The number of hydrogen-bond donors (Lipinski definition) is 0. The molecule has 230 valence electrons. The minimum Gasteiger partial charge on any atom is -0.492 e. The van der Waals surface area contributed by atoms with E-state index in [0.717, 1.165) is 30.4 Å². The molecule has 0 aliphatic carbocycles. The van der Waals surface area contributed by atoms with Gasteiger partial charge >= 0.3 is 5.97 Å². The Morgan fingerprint density at radius 2 is 1.33 bits per heavy atom. The topological polar surface area (TPSA) is 85.1 Å². The lowest BCUT2D eigenvalue weighted by atomic mass is 10.1. The molecule has 0 amide bonds. The number of rotatable bonds is 21. The Hall–Kier alpha value is -3.72. The second kappa shape index (κ2) is 20.2. The van der Waals surface area contributed by atoms with E-state index in [9.17, 15) is 10.1 Å². The number of nitrogens with zero attached hydrogens (tertiary/aromatic N) is 3. The number of unbranched alkanes of at least 4 members (excludes halogenated alkanes) is 13. The monoisotopic (exact) mass is 583 g/mol.